The monoisotopic (exact) mass is 298 g/mol. The van der Waals surface area contributed by atoms with E-state index in [2.05, 4.69) is 15.4 Å². The van der Waals surface area contributed by atoms with Crippen LogP contribution in [0.15, 0.2) is 41.7 Å². The summed E-state index contributed by atoms with van der Waals surface area (Å²) >= 11 is 0. The Morgan fingerprint density at radius 2 is 1.95 bits per heavy atom. The van der Waals surface area contributed by atoms with Crippen LogP contribution in [0.25, 0.3) is 0 Å². The third kappa shape index (κ3) is 3.19. The number of oxime groups is 1. The molecule has 2 rings (SSSR count). The fourth-order valence-corrected chi connectivity index (χ4v) is 1.54. The number of nitrogens with zero attached hydrogens (tertiary/aromatic N) is 3. The number of rotatable bonds is 3. The molecule has 2 aromatic rings. The number of hydrogen-bond donors (Lipinski definition) is 2. The summed E-state index contributed by atoms with van der Waals surface area (Å²) in [6.07, 6.45) is -3.36. The van der Waals surface area contributed by atoms with Gasteiger partial charge >= 0.3 is 6.18 Å². The summed E-state index contributed by atoms with van der Waals surface area (Å²) in [5.74, 6) is -1.12. The molecular formula is C12H9F3N4O2. The Labute approximate surface area is 116 Å². The highest BCUT2D eigenvalue weighted by Crippen LogP contribution is 2.37. The summed E-state index contributed by atoms with van der Waals surface area (Å²) in [6, 6.07) is 5.91. The van der Waals surface area contributed by atoms with Gasteiger partial charge < -0.3 is 15.7 Å². The molecule has 0 aliphatic rings. The SMILES string of the molecule is N/C(=N/O)c1ccnnc1Oc1ccccc1C(F)(F)F. The molecule has 0 fully saturated rings. The van der Waals surface area contributed by atoms with Crippen molar-refractivity contribution in [1.29, 1.82) is 0 Å². The van der Waals surface area contributed by atoms with Crippen LogP contribution in [-0.4, -0.2) is 21.2 Å². The molecule has 0 aliphatic carbocycles. The molecule has 1 aromatic carbocycles. The maximum Gasteiger partial charge on any atom is 0.419 e. The molecule has 0 spiro atoms. The molecule has 1 heterocycles. The minimum absolute atomic E-state index is 0.0180. The average Bonchev–Trinajstić information content (AvgIpc) is 2.46. The van der Waals surface area contributed by atoms with E-state index in [9.17, 15) is 13.2 Å². The largest absolute Gasteiger partial charge is 0.436 e. The lowest BCUT2D eigenvalue weighted by atomic mass is 10.2. The van der Waals surface area contributed by atoms with Crippen molar-refractivity contribution in [1.82, 2.24) is 10.2 Å². The zero-order valence-electron chi connectivity index (χ0n) is 10.4. The molecule has 0 radical (unpaired) electrons. The van der Waals surface area contributed by atoms with Crippen LogP contribution in [0.3, 0.4) is 0 Å². The first-order chi connectivity index (χ1) is 9.93. The fourth-order valence-electron chi connectivity index (χ4n) is 1.54. The third-order valence-electron chi connectivity index (χ3n) is 2.47. The molecule has 110 valence electrons. The van der Waals surface area contributed by atoms with Gasteiger partial charge in [-0.25, -0.2) is 0 Å². The minimum Gasteiger partial charge on any atom is -0.436 e. The second kappa shape index (κ2) is 5.65. The number of benzene rings is 1. The highest BCUT2D eigenvalue weighted by Gasteiger charge is 2.34. The number of hydrogen-bond acceptors (Lipinski definition) is 5. The van der Waals surface area contributed by atoms with Crippen molar-refractivity contribution in [2.24, 2.45) is 10.9 Å². The van der Waals surface area contributed by atoms with Crippen molar-refractivity contribution >= 4 is 5.84 Å². The van der Waals surface area contributed by atoms with E-state index < -0.39 is 17.5 Å². The van der Waals surface area contributed by atoms with E-state index in [1.54, 1.807) is 0 Å². The fraction of sp³-hybridized carbons (Fsp3) is 0.0833. The lowest BCUT2D eigenvalue weighted by Gasteiger charge is -2.13. The summed E-state index contributed by atoms with van der Waals surface area (Å²) < 4.78 is 43.7. The number of aromatic nitrogens is 2. The normalized spacial score (nSPS) is 12.2. The van der Waals surface area contributed by atoms with Gasteiger partial charge in [0.1, 0.15) is 5.75 Å². The van der Waals surface area contributed by atoms with Crippen LogP contribution in [0.5, 0.6) is 11.6 Å². The van der Waals surface area contributed by atoms with Gasteiger partial charge in [0.25, 0.3) is 0 Å². The van der Waals surface area contributed by atoms with Gasteiger partial charge in [0.05, 0.1) is 17.3 Å². The molecular weight excluding hydrogens is 289 g/mol. The van der Waals surface area contributed by atoms with Crippen molar-refractivity contribution in [2.45, 2.75) is 6.18 Å². The molecule has 3 N–H and O–H groups in total. The lowest BCUT2D eigenvalue weighted by molar-refractivity contribution is -0.138. The second-order valence-corrected chi connectivity index (χ2v) is 3.83. The molecule has 0 amide bonds. The minimum atomic E-state index is -4.59. The molecule has 0 unspecified atom stereocenters. The molecule has 0 atom stereocenters. The molecule has 9 heteroatoms. The maximum absolute atomic E-state index is 12.9. The second-order valence-electron chi connectivity index (χ2n) is 3.83. The van der Waals surface area contributed by atoms with Gasteiger partial charge in [0.15, 0.2) is 5.84 Å². The number of para-hydroxylation sites is 1. The van der Waals surface area contributed by atoms with E-state index >= 15 is 0 Å². The number of halogens is 3. The van der Waals surface area contributed by atoms with Crippen LogP contribution in [0, 0.1) is 0 Å². The number of ether oxygens (including phenoxy) is 1. The molecule has 0 saturated carbocycles. The van der Waals surface area contributed by atoms with E-state index in [1.165, 1.54) is 24.4 Å². The van der Waals surface area contributed by atoms with E-state index in [0.717, 1.165) is 12.1 Å². The van der Waals surface area contributed by atoms with Gasteiger partial charge in [-0.2, -0.15) is 18.3 Å². The Morgan fingerprint density at radius 3 is 2.62 bits per heavy atom. The zero-order valence-corrected chi connectivity index (χ0v) is 10.4. The summed E-state index contributed by atoms with van der Waals surface area (Å²) in [4.78, 5) is 0. The van der Waals surface area contributed by atoms with Crippen LogP contribution in [0.4, 0.5) is 13.2 Å². The highest BCUT2D eigenvalue weighted by atomic mass is 19.4. The highest BCUT2D eigenvalue weighted by molar-refractivity contribution is 5.98. The lowest BCUT2D eigenvalue weighted by Crippen LogP contribution is -2.15. The van der Waals surface area contributed by atoms with E-state index in [0.29, 0.717) is 0 Å². The maximum atomic E-state index is 12.9. The van der Waals surface area contributed by atoms with E-state index in [-0.39, 0.29) is 17.3 Å². The van der Waals surface area contributed by atoms with E-state index in [4.69, 9.17) is 15.7 Å². The first kappa shape index (κ1) is 14.6. The van der Waals surface area contributed by atoms with Gasteiger partial charge in [0, 0.05) is 0 Å². The van der Waals surface area contributed by atoms with Crippen molar-refractivity contribution in [2.75, 3.05) is 0 Å². The number of nitrogens with two attached hydrogens (primary N) is 1. The van der Waals surface area contributed by atoms with Crippen LogP contribution < -0.4 is 10.5 Å². The summed E-state index contributed by atoms with van der Waals surface area (Å²) in [5.41, 5.74) is 4.45. The van der Waals surface area contributed by atoms with Crippen molar-refractivity contribution in [3.8, 4) is 11.6 Å². The standard InChI is InChI=1S/C12H9F3N4O2/c13-12(14,15)8-3-1-2-4-9(8)21-11-7(10(16)19-20)5-6-17-18-11/h1-6,20H,(H2,16,19). The molecule has 21 heavy (non-hydrogen) atoms. The molecule has 0 bridgehead atoms. The predicted octanol–water partition coefficient (Wildman–Crippen LogP) is 2.38. The first-order valence-electron chi connectivity index (χ1n) is 5.57. The van der Waals surface area contributed by atoms with Gasteiger partial charge in [-0.15, -0.1) is 5.10 Å². The van der Waals surface area contributed by atoms with Crippen molar-refractivity contribution < 1.29 is 23.1 Å². The predicted molar refractivity (Wildman–Crippen MR) is 66.1 cm³/mol. The Bertz CT molecular complexity index is 674. The first-order valence-corrected chi connectivity index (χ1v) is 5.57. The summed E-state index contributed by atoms with van der Waals surface area (Å²) in [7, 11) is 0. The Morgan fingerprint density at radius 1 is 1.24 bits per heavy atom. The molecule has 1 aromatic heterocycles. The smallest absolute Gasteiger partial charge is 0.419 e. The number of alkyl halides is 3. The number of amidine groups is 1. The van der Waals surface area contributed by atoms with Crippen LogP contribution in [0.1, 0.15) is 11.1 Å². The summed E-state index contributed by atoms with van der Waals surface area (Å²) in [6.45, 7) is 0. The van der Waals surface area contributed by atoms with Crippen molar-refractivity contribution in [3.05, 3.63) is 47.7 Å². The molecule has 0 aliphatic heterocycles. The molecule has 0 saturated heterocycles. The van der Waals surface area contributed by atoms with Crippen LogP contribution >= 0.6 is 0 Å². The Hall–Kier alpha value is -2.84. The third-order valence-corrected chi connectivity index (χ3v) is 2.47. The van der Waals surface area contributed by atoms with Crippen molar-refractivity contribution in [3.63, 3.8) is 0 Å². The summed E-state index contributed by atoms with van der Waals surface area (Å²) in [5, 5.41) is 18.5. The van der Waals surface area contributed by atoms with Crippen LogP contribution in [0.2, 0.25) is 0 Å². The topological polar surface area (TPSA) is 93.6 Å². The van der Waals surface area contributed by atoms with Crippen LogP contribution in [-0.2, 0) is 6.18 Å². The quantitative estimate of drug-likeness (QED) is 0.393. The van der Waals surface area contributed by atoms with Gasteiger partial charge in [0.2, 0.25) is 5.88 Å². The Balaban J connectivity index is 2.45. The zero-order chi connectivity index (χ0) is 15.5. The Kier molecular flexibility index (Phi) is 3.92. The van der Waals surface area contributed by atoms with E-state index in [1.807, 2.05) is 0 Å². The van der Waals surface area contributed by atoms with Gasteiger partial charge in [-0.3, -0.25) is 0 Å². The molecule has 6 nitrogen and oxygen atoms in total. The average molecular weight is 298 g/mol. The van der Waals surface area contributed by atoms with Gasteiger partial charge in [-0.05, 0) is 18.2 Å². The van der Waals surface area contributed by atoms with Gasteiger partial charge in [-0.1, -0.05) is 17.3 Å².